The number of rotatable bonds is 5. The Morgan fingerprint density at radius 3 is 2.30 bits per heavy atom. The molecule has 2 aliphatic rings. The lowest BCUT2D eigenvalue weighted by Gasteiger charge is -2.33. The van der Waals surface area contributed by atoms with Crippen LogP contribution < -0.4 is 0 Å². The molecular weight excluding hydrogens is 396 g/mol. The second-order valence-electron chi connectivity index (χ2n) is 8.18. The highest BCUT2D eigenvalue weighted by Crippen LogP contribution is 2.27. The van der Waals surface area contributed by atoms with Gasteiger partial charge in [0.25, 0.3) is 5.91 Å². The Bertz CT molecular complexity index is 835. The Morgan fingerprint density at radius 1 is 0.900 bits per heavy atom. The molecule has 2 aliphatic heterocycles. The van der Waals surface area contributed by atoms with Gasteiger partial charge in [0.2, 0.25) is 5.91 Å². The number of amides is 2. The van der Waals surface area contributed by atoms with E-state index in [0.29, 0.717) is 30.5 Å². The topological polar surface area (TPSA) is 53.8 Å². The van der Waals surface area contributed by atoms with Crippen molar-refractivity contribution in [1.29, 1.82) is 0 Å². The summed E-state index contributed by atoms with van der Waals surface area (Å²) in [5.41, 5.74) is 0.927. The van der Waals surface area contributed by atoms with E-state index < -0.39 is 0 Å². The highest BCUT2D eigenvalue weighted by atomic mass is 32.2. The summed E-state index contributed by atoms with van der Waals surface area (Å²) in [5, 5.41) is 0. The first-order valence-electron chi connectivity index (χ1n) is 11.0. The number of nitrogens with zero attached hydrogens (tertiary/aromatic N) is 2. The molecule has 0 radical (unpaired) electrons. The molecule has 6 heteroatoms. The first-order valence-corrected chi connectivity index (χ1v) is 12.0. The van der Waals surface area contributed by atoms with Crippen molar-refractivity contribution < 1.29 is 14.0 Å². The van der Waals surface area contributed by atoms with Crippen LogP contribution in [0.5, 0.6) is 0 Å². The molecule has 2 fully saturated rings. The van der Waals surface area contributed by atoms with Gasteiger partial charge in [0.05, 0.1) is 6.26 Å². The standard InChI is InChI=1S/C24H30N2O3S/c27-23(25-13-6-1-2-7-14-25)19-10-15-26(16-11-19)24(28)22-20(12-17-29-22)18-30-21-8-4-3-5-9-21/h3-5,8-9,12,17,19H,1-2,6-7,10-11,13-16,18H2. The number of hydrogen-bond acceptors (Lipinski definition) is 4. The third-order valence-corrected chi connectivity index (χ3v) is 7.19. The van der Waals surface area contributed by atoms with Crippen LogP contribution in [-0.2, 0) is 10.5 Å². The predicted molar refractivity (Wildman–Crippen MR) is 118 cm³/mol. The molecule has 0 spiro atoms. The van der Waals surface area contributed by atoms with E-state index in [1.807, 2.05) is 29.2 Å². The fourth-order valence-corrected chi connectivity index (χ4v) is 5.24. The number of piperidine rings is 1. The van der Waals surface area contributed by atoms with Crippen molar-refractivity contribution in [2.24, 2.45) is 5.92 Å². The molecular formula is C24H30N2O3S. The first kappa shape index (κ1) is 21.0. The van der Waals surface area contributed by atoms with Crippen LogP contribution in [0.15, 0.2) is 52.0 Å². The van der Waals surface area contributed by atoms with Gasteiger partial charge in [0.1, 0.15) is 0 Å². The van der Waals surface area contributed by atoms with E-state index in [9.17, 15) is 9.59 Å². The number of carbonyl (C=O) groups is 2. The van der Waals surface area contributed by atoms with Crippen molar-refractivity contribution in [3.63, 3.8) is 0 Å². The number of benzene rings is 1. The van der Waals surface area contributed by atoms with Crippen molar-refractivity contribution in [2.75, 3.05) is 26.2 Å². The molecule has 2 saturated heterocycles. The van der Waals surface area contributed by atoms with Gasteiger partial charge in [-0.05, 0) is 43.9 Å². The first-order chi connectivity index (χ1) is 14.7. The number of carbonyl (C=O) groups excluding carboxylic acids is 2. The van der Waals surface area contributed by atoms with E-state index in [1.165, 1.54) is 17.7 Å². The van der Waals surface area contributed by atoms with Gasteiger partial charge >= 0.3 is 0 Å². The van der Waals surface area contributed by atoms with Crippen LogP contribution in [-0.4, -0.2) is 47.8 Å². The predicted octanol–water partition coefficient (Wildman–Crippen LogP) is 4.83. The fourth-order valence-electron chi connectivity index (χ4n) is 4.34. The molecule has 0 unspecified atom stereocenters. The van der Waals surface area contributed by atoms with Gasteiger partial charge in [-0.15, -0.1) is 11.8 Å². The lowest BCUT2D eigenvalue weighted by atomic mass is 9.95. The lowest BCUT2D eigenvalue weighted by molar-refractivity contribution is -0.136. The Labute approximate surface area is 182 Å². The molecule has 5 nitrogen and oxygen atoms in total. The van der Waals surface area contributed by atoms with E-state index in [1.54, 1.807) is 18.0 Å². The summed E-state index contributed by atoms with van der Waals surface area (Å²) in [6.07, 6.45) is 7.78. The Balaban J connectivity index is 1.31. The molecule has 0 bridgehead atoms. The van der Waals surface area contributed by atoms with Crippen LogP contribution in [0.2, 0.25) is 0 Å². The van der Waals surface area contributed by atoms with Crippen molar-refractivity contribution in [3.8, 4) is 0 Å². The molecule has 30 heavy (non-hydrogen) atoms. The quantitative estimate of drug-likeness (QED) is 0.643. The maximum Gasteiger partial charge on any atom is 0.289 e. The monoisotopic (exact) mass is 426 g/mol. The average molecular weight is 427 g/mol. The summed E-state index contributed by atoms with van der Waals surface area (Å²) >= 11 is 1.70. The summed E-state index contributed by atoms with van der Waals surface area (Å²) < 4.78 is 5.57. The Hall–Kier alpha value is -2.21. The smallest absolute Gasteiger partial charge is 0.289 e. The SMILES string of the molecule is O=C(c1occc1CSc1ccccc1)N1CCC(C(=O)N2CCCCCC2)CC1. The second-order valence-corrected chi connectivity index (χ2v) is 9.23. The van der Waals surface area contributed by atoms with Gasteiger partial charge in [-0.25, -0.2) is 0 Å². The van der Waals surface area contributed by atoms with Crippen LogP contribution in [0.1, 0.15) is 54.6 Å². The summed E-state index contributed by atoms with van der Waals surface area (Å²) in [6.45, 7) is 3.03. The second kappa shape index (κ2) is 10.2. The summed E-state index contributed by atoms with van der Waals surface area (Å²) in [5.74, 6) is 1.43. The maximum absolute atomic E-state index is 13.0. The highest BCUT2D eigenvalue weighted by molar-refractivity contribution is 7.98. The molecule has 1 aromatic carbocycles. The van der Waals surface area contributed by atoms with E-state index in [-0.39, 0.29) is 11.8 Å². The minimum atomic E-state index is -0.0515. The van der Waals surface area contributed by atoms with Gasteiger partial charge in [0.15, 0.2) is 5.76 Å². The molecule has 160 valence electrons. The Morgan fingerprint density at radius 2 is 1.60 bits per heavy atom. The molecule has 0 N–H and O–H groups in total. The van der Waals surface area contributed by atoms with Gasteiger partial charge in [-0.2, -0.15) is 0 Å². The number of likely N-dealkylation sites (tertiary alicyclic amines) is 2. The third kappa shape index (κ3) is 5.09. The van der Waals surface area contributed by atoms with Crippen LogP contribution in [0.4, 0.5) is 0 Å². The number of hydrogen-bond donors (Lipinski definition) is 0. The summed E-state index contributed by atoms with van der Waals surface area (Å²) in [4.78, 5) is 31.0. The lowest BCUT2D eigenvalue weighted by Crippen LogP contribution is -2.44. The van der Waals surface area contributed by atoms with Gasteiger partial charge in [-0.1, -0.05) is 31.0 Å². The number of furan rings is 1. The summed E-state index contributed by atoms with van der Waals surface area (Å²) in [6, 6.07) is 12.1. The fraction of sp³-hybridized carbons (Fsp3) is 0.500. The van der Waals surface area contributed by atoms with E-state index >= 15 is 0 Å². The van der Waals surface area contributed by atoms with Crippen molar-refractivity contribution in [1.82, 2.24) is 9.80 Å². The van der Waals surface area contributed by atoms with E-state index in [0.717, 1.165) is 44.3 Å². The van der Waals surface area contributed by atoms with E-state index in [4.69, 9.17) is 4.42 Å². The molecule has 2 aromatic rings. The highest BCUT2D eigenvalue weighted by Gasteiger charge is 2.32. The van der Waals surface area contributed by atoms with Crippen LogP contribution in [0.25, 0.3) is 0 Å². The van der Waals surface area contributed by atoms with Crippen molar-refractivity contribution in [2.45, 2.75) is 49.2 Å². The molecule has 0 saturated carbocycles. The summed E-state index contributed by atoms with van der Waals surface area (Å²) in [7, 11) is 0. The van der Waals surface area contributed by atoms with Gasteiger partial charge < -0.3 is 14.2 Å². The average Bonchev–Trinajstić information content (AvgIpc) is 3.10. The molecule has 1 aromatic heterocycles. The van der Waals surface area contributed by atoms with Crippen molar-refractivity contribution in [3.05, 3.63) is 54.0 Å². The van der Waals surface area contributed by atoms with Crippen molar-refractivity contribution >= 4 is 23.6 Å². The van der Waals surface area contributed by atoms with E-state index in [2.05, 4.69) is 17.0 Å². The molecule has 2 amide bonds. The van der Waals surface area contributed by atoms with Crippen LogP contribution in [0, 0.1) is 5.92 Å². The largest absolute Gasteiger partial charge is 0.459 e. The third-order valence-electron chi connectivity index (χ3n) is 6.13. The zero-order valence-corrected chi connectivity index (χ0v) is 18.2. The molecule has 4 rings (SSSR count). The minimum Gasteiger partial charge on any atom is -0.459 e. The minimum absolute atomic E-state index is 0.0515. The maximum atomic E-state index is 13.0. The van der Waals surface area contributed by atoms with Gasteiger partial charge in [0, 0.05) is 48.3 Å². The molecule has 3 heterocycles. The number of thioether (sulfide) groups is 1. The van der Waals surface area contributed by atoms with Crippen LogP contribution >= 0.6 is 11.8 Å². The molecule has 0 atom stereocenters. The zero-order valence-electron chi connectivity index (χ0n) is 17.4. The van der Waals surface area contributed by atoms with Gasteiger partial charge in [-0.3, -0.25) is 9.59 Å². The zero-order chi connectivity index (χ0) is 20.8. The Kier molecular flexibility index (Phi) is 7.16. The van der Waals surface area contributed by atoms with Crippen LogP contribution in [0.3, 0.4) is 0 Å². The molecule has 0 aliphatic carbocycles. The normalized spacial score (nSPS) is 18.3.